The molecule has 0 saturated heterocycles. The zero-order valence-corrected chi connectivity index (χ0v) is 29.2. The smallest absolute Gasteiger partial charge is 0.481 e. The predicted octanol–water partition coefficient (Wildman–Crippen LogP) is 7.94. The van der Waals surface area contributed by atoms with Gasteiger partial charge in [-0.15, -0.1) is 10.8 Å². The minimum Gasteiger partial charge on any atom is -0.481 e. The summed E-state index contributed by atoms with van der Waals surface area (Å²) in [7, 11) is 0. The van der Waals surface area contributed by atoms with E-state index in [0.717, 1.165) is 59.9 Å². The Morgan fingerprint density at radius 1 is 0.558 bits per heavy atom. The minimum absolute atomic E-state index is 0. The molecule has 6 aromatic heterocycles. The molecule has 0 unspecified atom stereocenters. The molecule has 10 nitrogen and oxygen atoms in total. The summed E-state index contributed by atoms with van der Waals surface area (Å²) in [6, 6.07) is 32.9. The third kappa shape index (κ3) is 8.01. The van der Waals surface area contributed by atoms with Gasteiger partial charge in [0.05, 0.1) is 0 Å². The Labute approximate surface area is 310 Å². The number of anilines is 1. The molecule has 0 aliphatic carbocycles. The van der Waals surface area contributed by atoms with E-state index in [1.165, 1.54) is 0 Å². The molecule has 52 heavy (non-hydrogen) atoms. The van der Waals surface area contributed by atoms with Crippen molar-refractivity contribution in [2.24, 2.45) is 0 Å². The van der Waals surface area contributed by atoms with Crippen molar-refractivity contribution in [3.8, 4) is 0 Å². The molecule has 2 N–H and O–H groups in total. The van der Waals surface area contributed by atoms with Crippen LogP contribution in [-0.4, -0.2) is 46.9 Å². The van der Waals surface area contributed by atoms with Crippen LogP contribution >= 0.6 is 0 Å². The van der Waals surface area contributed by atoms with E-state index < -0.39 is 5.97 Å². The summed E-state index contributed by atoms with van der Waals surface area (Å²) in [4.78, 5) is 48.2. The molecule has 11 heteroatoms. The number of hydrogen-bond donors (Lipinski definition) is 2. The number of carboxylic acids is 1. The Balaban J connectivity index is 0.000000139. The molecular weight excluding hydrogens is 740 g/mol. The number of carboxylic acid groups (broad SMARTS) is 1. The molecule has 0 saturated carbocycles. The molecule has 9 aromatic rings. The van der Waals surface area contributed by atoms with Crippen LogP contribution in [0.2, 0.25) is 0 Å². The van der Waals surface area contributed by atoms with Gasteiger partial charge in [-0.05, 0) is 63.4 Å². The number of aliphatic carboxylic acids is 1. The maximum atomic E-state index is 12.0. The molecular formula is C41H28N7O3Ru. The maximum Gasteiger partial charge on any atom is 3.00 e. The third-order valence-electron chi connectivity index (χ3n) is 8.06. The van der Waals surface area contributed by atoms with Crippen molar-refractivity contribution in [1.29, 1.82) is 0 Å². The first kappa shape index (κ1) is 35.5. The number of carbonyl (C=O) groups excluding carboxylic acids is 1. The van der Waals surface area contributed by atoms with E-state index in [0.29, 0.717) is 17.6 Å². The Hall–Kier alpha value is -6.32. The van der Waals surface area contributed by atoms with Crippen molar-refractivity contribution >= 4 is 83.0 Å². The van der Waals surface area contributed by atoms with Gasteiger partial charge < -0.3 is 25.4 Å². The van der Waals surface area contributed by atoms with Gasteiger partial charge in [0.2, 0.25) is 5.91 Å². The molecule has 6 heterocycles. The number of nitrogens with zero attached hydrogens (tertiary/aromatic N) is 6. The summed E-state index contributed by atoms with van der Waals surface area (Å²) >= 11 is 0. The van der Waals surface area contributed by atoms with Gasteiger partial charge in [0.25, 0.3) is 0 Å². The topological polar surface area (TPSA) is 144 Å². The van der Waals surface area contributed by atoms with Gasteiger partial charge in [-0.1, -0.05) is 66.4 Å². The van der Waals surface area contributed by atoms with Gasteiger partial charge in [0.1, 0.15) is 0 Å². The van der Waals surface area contributed by atoms with Gasteiger partial charge >= 0.3 is 25.4 Å². The van der Waals surface area contributed by atoms with E-state index in [9.17, 15) is 9.59 Å². The van der Waals surface area contributed by atoms with Crippen LogP contribution in [0.15, 0.2) is 122 Å². The van der Waals surface area contributed by atoms with Crippen LogP contribution in [0.4, 0.5) is 5.69 Å². The normalized spacial score (nSPS) is 10.6. The molecule has 3 aromatic carbocycles. The number of pyridine rings is 6. The van der Waals surface area contributed by atoms with Crippen LogP contribution in [0.3, 0.4) is 0 Å². The second kappa shape index (κ2) is 16.6. The monoisotopic (exact) mass is 768 g/mol. The van der Waals surface area contributed by atoms with Crippen molar-refractivity contribution < 1.29 is 34.2 Å². The fourth-order valence-corrected chi connectivity index (χ4v) is 5.69. The summed E-state index contributed by atoms with van der Waals surface area (Å²) in [5.41, 5.74) is 5.80. The van der Waals surface area contributed by atoms with Crippen LogP contribution in [0.5, 0.6) is 0 Å². The molecule has 0 bridgehead atoms. The predicted molar refractivity (Wildman–Crippen MR) is 198 cm³/mol. The average molecular weight is 768 g/mol. The van der Waals surface area contributed by atoms with Crippen LogP contribution in [0.1, 0.15) is 19.3 Å². The molecule has 9 rings (SSSR count). The minimum atomic E-state index is -0.903. The SMILES string of the molecule is O=C(O)CCCC(=O)Nc1cc2cccnc2c2n[c-]ccc12.[Ru+3].[c-]1ccc2ccc3cccnc3c2n1.[c-]1ccc2ccc3cccnc3c2n1. The van der Waals surface area contributed by atoms with Crippen molar-refractivity contribution in [3.05, 3.63) is 140 Å². The maximum absolute atomic E-state index is 12.0. The van der Waals surface area contributed by atoms with Crippen molar-refractivity contribution in [1.82, 2.24) is 29.9 Å². The van der Waals surface area contributed by atoms with Gasteiger partial charge in [0.15, 0.2) is 0 Å². The Bertz CT molecular complexity index is 2470. The number of rotatable bonds is 5. The average Bonchev–Trinajstić information content (AvgIpc) is 3.18. The van der Waals surface area contributed by atoms with Crippen molar-refractivity contribution in [2.45, 2.75) is 19.3 Å². The molecule has 1 amide bonds. The van der Waals surface area contributed by atoms with Gasteiger partial charge in [-0.25, -0.2) is 0 Å². The van der Waals surface area contributed by atoms with Gasteiger partial charge in [-0.2, -0.15) is 36.4 Å². The second-order valence-electron chi connectivity index (χ2n) is 11.4. The number of nitrogens with one attached hydrogen (secondary N) is 1. The van der Waals surface area contributed by atoms with E-state index in [4.69, 9.17) is 5.11 Å². The van der Waals surface area contributed by atoms with Crippen LogP contribution in [-0.2, 0) is 29.1 Å². The van der Waals surface area contributed by atoms with Crippen LogP contribution in [0.25, 0.3) is 65.4 Å². The Morgan fingerprint density at radius 2 is 1.02 bits per heavy atom. The van der Waals surface area contributed by atoms with Gasteiger partial charge in [0, 0.05) is 53.7 Å². The first-order valence-electron chi connectivity index (χ1n) is 16.1. The first-order valence-corrected chi connectivity index (χ1v) is 16.1. The summed E-state index contributed by atoms with van der Waals surface area (Å²) in [6.07, 6.45) is 14.2. The molecule has 0 spiro atoms. The molecule has 0 aliphatic rings. The van der Waals surface area contributed by atoms with E-state index in [1.54, 1.807) is 24.7 Å². The number of amides is 1. The zero-order valence-electron chi connectivity index (χ0n) is 27.5. The Kier molecular flexibility index (Phi) is 11.3. The molecule has 0 fully saturated rings. The standard InChI is InChI=1S/C17H14N3O3.2C12H7N2.Ru/c21-14(6-1-7-15(22)23)20-13-10-11-4-2-8-18-16(11)17-12(13)5-3-9-19-17;2*1-3-9-5-6-10-4-2-8-14-12(10)11(9)13-7-1;/h2-5,8,10H,1,6-7H2,(H,20,21)(H,22,23);2*1-7H;/q3*-1;+3. The fourth-order valence-electron chi connectivity index (χ4n) is 5.69. The Morgan fingerprint density at radius 3 is 1.56 bits per heavy atom. The van der Waals surface area contributed by atoms with Crippen molar-refractivity contribution in [2.75, 3.05) is 5.32 Å². The number of hydrogen-bond acceptors (Lipinski definition) is 8. The quantitative estimate of drug-likeness (QED) is 0.101. The van der Waals surface area contributed by atoms with E-state index in [-0.39, 0.29) is 38.2 Å². The molecule has 253 valence electrons. The van der Waals surface area contributed by atoms with E-state index in [1.807, 2.05) is 72.8 Å². The third-order valence-corrected chi connectivity index (χ3v) is 8.06. The number of aromatic nitrogens is 6. The fraction of sp³-hybridized carbons (Fsp3) is 0.0732. The van der Waals surface area contributed by atoms with E-state index in [2.05, 4.69) is 78.1 Å². The summed E-state index contributed by atoms with van der Waals surface area (Å²) in [5, 5.41) is 17.6. The zero-order chi connectivity index (χ0) is 35.0. The summed E-state index contributed by atoms with van der Waals surface area (Å²) < 4.78 is 0. The number of fused-ring (bicyclic) bond motifs is 9. The first-order chi connectivity index (χ1) is 25.0. The van der Waals surface area contributed by atoms with Gasteiger partial charge in [-0.3, -0.25) is 24.5 Å². The summed E-state index contributed by atoms with van der Waals surface area (Å²) in [5.74, 6) is -1.12. The molecule has 0 atom stereocenters. The largest absolute Gasteiger partial charge is 3.00 e. The van der Waals surface area contributed by atoms with Crippen molar-refractivity contribution in [3.63, 3.8) is 0 Å². The molecule has 0 aliphatic heterocycles. The molecule has 1 radical (unpaired) electrons. The van der Waals surface area contributed by atoms with E-state index >= 15 is 0 Å². The second-order valence-corrected chi connectivity index (χ2v) is 11.4. The number of benzene rings is 3. The van der Waals surface area contributed by atoms with Crippen LogP contribution < -0.4 is 5.32 Å². The summed E-state index contributed by atoms with van der Waals surface area (Å²) in [6.45, 7) is 0. The van der Waals surface area contributed by atoms with Crippen LogP contribution in [0, 0.1) is 18.6 Å². The number of carbonyl (C=O) groups is 2.